The fourth-order valence-electron chi connectivity index (χ4n) is 2.63. The number of rotatable bonds is 5. The lowest BCUT2D eigenvalue weighted by molar-refractivity contribution is -0.153. The fraction of sp³-hybridized carbons (Fsp3) is 1.00. The van der Waals surface area contributed by atoms with Crippen LogP contribution in [0.1, 0.15) is 34.1 Å². The van der Waals surface area contributed by atoms with E-state index in [2.05, 4.69) is 19.2 Å². The zero-order chi connectivity index (χ0) is 14.0. The van der Waals surface area contributed by atoms with Gasteiger partial charge in [-0.1, -0.05) is 13.8 Å². The lowest BCUT2D eigenvalue weighted by atomic mass is 9.76. The highest BCUT2D eigenvalue weighted by Crippen LogP contribution is 2.36. The minimum Gasteiger partial charge on any atom is -0.316 e. The average molecular weight is 266 g/mol. The van der Waals surface area contributed by atoms with Gasteiger partial charge in [0.1, 0.15) is 0 Å². The predicted octanol–water partition coefficient (Wildman–Crippen LogP) is 2.89. The van der Waals surface area contributed by atoms with Crippen LogP contribution in [0.2, 0.25) is 0 Å². The van der Waals surface area contributed by atoms with Gasteiger partial charge < -0.3 is 5.32 Å². The van der Waals surface area contributed by atoms with E-state index in [4.69, 9.17) is 0 Å². The molecule has 2 nitrogen and oxygen atoms in total. The van der Waals surface area contributed by atoms with Crippen LogP contribution >= 0.6 is 0 Å². The minimum absolute atomic E-state index is 0.0183. The molecule has 1 heterocycles. The van der Waals surface area contributed by atoms with Crippen molar-refractivity contribution in [3.05, 3.63) is 0 Å². The first kappa shape index (κ1) is 15.8. The van der Waals surface area contributed by atoms with Crippen molar-refractivity contribution < 1.29 is 13.2 Å². The van der Waals surface area contributed by atoms with E-state index in [1.807, 2.05) is 13.8 Å². The van der Waals surface area contributed by atoms with Gasteiger partial charge in [-0.05, 0) is 38.1 Å². The van der Waals surface area contributed by atoms with Gasteiger partial charge >= 0.3 is 6.18 Å². The Morgan fingerprint density at radius 1 is 1.22 bits per heavy atom. The summed E-state index contributed by atoms with van der Waals surface area (Å²) in [5.74, 6) is 0.391. The molecule has 1 saturated heterocycles. The normalized spacial score (nSPS) is 25.7. The summed E-state index contributed by atoms with van der Waals surface area (Å²) in [7, 11) is 0. The van der Waals surface area contributed by atoms with Gasteiger partial charge in [0, 0.05) is 19.1 Å². The standard InChI is InChI=1S/C13H25F3N2/c1-10(2)12(5-6-17-7-12)8-18(11(3)4)9-13(14,15)16/h10-11,17H,5-9H2,1-4H3. The zero-order valence-electron chi connectivity index (χ0n) is 11.8. The maximum atomic E-state index is 12.6. The summed E-state index contributed by atoms with van der Waals surface area (Å²) in [5.41, 5.74) is -0.0183. The van der Waals surface area contributed by atoms with Gasteiger partial charge in [0.25, 0.3) is 0 Å². The van der Waals surface area contributed by atoms with Gasteiger partial charge in [0.05, 0.1) is 6.54 Å². The smallest absolute Gasteiger partial charge is 0.316 e. The first-order chi connectivity index (χ1) is 8.16. The summed E-state index contributed by atoms with van der Waals surface area (Å²) < 4.78 is 37.8. The summed E-state index contributed by atoms with van der Waals surface area (Å²) >= 11 is 0. The molecular formula is C13H25F3N2. The largest absolute Gasteiger partial charge is 0.401 e. The summed E-state index contributed by atoms with van der Waals surface area (Å²) in [6, 6.07) is -0.0807. The molecule has 0 aromatic carbocycles. The van der Waals surface area contributed by atoms with Crippen LogP contribution in [0.3, 0.4) is 0 Å². The predicted molar refractivity (Wildman–Crippen MR) is 67.5 cm³/mol. The highest BCUT2D eigenvalue weighted by atomic mass is 19.4. The van der Waals surface area contributed by atoms with Gasteiger partial charge in [0.15, 0.2) is 0 Å². The van der Waals surface area contributed by atoms with E-state index in [-0.39, 0.29) is 11.5 Å². The molecule has 0 aromatic heterocycles. The number of hydrogen-bond acceptors (Lipinski definition) is 2. The Hall–Kier alpha value is -0.290. The number of hydrogen-bond donors (Lipinski definition) is 1. The molecule has 108 valence electrons. The molecular weight excluding hydrogens is 241 g/mol. The van der Waals surface area contributed by atoms with Gasteiger partial charge in [-0.25, -0.2) is 0 Å². The molecule has 1 unspecified atom stereocenters. The lowest BCUT2D eigenvalue weighted by Crippen LogP contribution is -2.48. The minimum atomic E-state index is -4.12. The van der Waals surface area contributed by atoms with Crippen LogP contribution in [0.15, 0.2) is 0 Å². The van der Waals surface area contributed by atoms with Crippen LogP contribution < -0.4 is 5.32 Å². The summed E-state index contributed by atoms with van der Waals surface area (Å²) in [5, 5.41) is 3.29. The van der Waals surface area contributed by atoms with Crippen LogP contribution in [0.5, 0.6) is 0 Å². The average Bonchev–Trinajstić information content (AvgIpc) is 2.64. The molecule has 0 aliphatic carbocycles. The second-order valence-electron chi connectivity index (χ2n) is 6.06. The van der Waals surface area contributed by atoms with Crippen molar-refractivity contribution in [3.63, 3.8) is 0 Å². The van der Waals surface area contributed by atoms with Crippen molar-refractivity contribution in [1.29, 1.82) is 0 Å². The maximum Gasteiger partial charge on any atom is 0.401 e. The molecule has 1 rings (SSSR count). The first-order valence-corrected chi connectivity index (χ1v) is 6.68. The number of halogens is 3. The van der Waals surface area contributed by atoms with Crippen molar-refractivity contribution in [2.45, 2.75) is 46.3 Å². The van der Waals surface area contributed by atoms with E-state index >= 15 is 0 Å². The van der Waals surface area contributed by atoms with Gasteiger partial charge in [-0.15, -0.1) is 0 Å². The Kier molecular flexibility index (Phi) is 5.06. The van der Waals surface area contributed by atoms with Gasteiger partial charge in [-0.3, -0.25) is 4.90 Å². The van der Waals surface area contributed by atoms with Crippen molar-refractivity contribution in [1.82, 2.24) is 10.2 Å². The van der Waals surface area contributed by atoms with Crippen LogP contribution in [0.4, 0.5) is 13.2 Å². The highest BCUT2D eigenvalue weighted by molar-refractivity contribution is 4.93. The number of nitrogens with zero attached hydrogens (tertiary/aromatic N) is 1. The molecule has 0 aromatic rings. The van der Waals surface area contributed by atoms with E-state index in [9.17, 15) is 13.2 Å². The SMILES string of the molecule is CC(C)N(CC(F)(F)F)CC1(C(C)C)CCNC1. The molecule has 0 spiro atoms. The molecule has 1 aliphatic rings. The molecule has 1 aliphatic heterocycles. The molecule has 0 radical (unpaired) electrons. The summed E-state index contributed by atoms with van der Waals surface area (Å²) in [6.07, 6.45) is -3.15. The lowest BCUT2D eigenvalue weighted by Gasteiger charge is -2.40. The maximum absolute atomic E-state index is 12.6. The van der Waals surface area contributed by atoms with E-state index in [0.29, 0.717) is 12.5 Å². The Labute approximate surface area is 108 Å². The van der Waals surface area contributed by atoms with Crippen molar-refractivity contribution in [2.24, 2.45) is 11.3 Å². The van der Waals surface area contributed by atoms with E-state index < -0.39 is 12.7 Å². The molecule has 1 fully saturated rings. The highest BCUT2D eigenvalue weighted by Gasteiger charge is 2.41. The molecule has 0 bridgehead atoms. The molecule has 0 saturated carbocycles. The van der Waals surface area contributed by atoms with Crippen LogP contribution in [-0.4, -0.2) is 43.3 Å². The summed E-state index contributed by atoms with van der Waals surface area (Å²) in [4.78, 5) is 1.56. The summed E-state index contributed by atoms with van der Waals surface area (Å²) in [6.45, 7) is 9.35. The fourth-order valence-corrected chi connectivity index (χ4v) is 2.63. The zero-order valence-corrected chi connectivity index (χ0v) is 11.8. The Bertz CT molecular complexity index is 255. The number of alkyl halides is 3. The second kappa shape index (κ2) is 5.78. The van der Waals surface area contributed by atoms with E-state index in [1.165, 1.54) is 0 Å². The topological polar surface area (TPSA) is 15.3 Å². The van der Waals surface area contributed by atoms with Crippen LogP contribution in [-0.2, 0) is 0 Å². The third-order valence-electron chi connectivity index (χ3n) is 4.13. The van der Waals surface area contributed by atoms with Crippen molar-refractivity contribution in [3.8, 4) is 0 Å². The Balaban J connectivity index is 2.75. The van der Waals surface area contributed by atoms with E-state index in [0.717, 1.165) is 19.5 Å². The number of nitrogens with one attached hydrogen (secondary N) is 1. The Morgan fingerprint density at radius 3 is 2.17 bits per heavy atom. The monoisotopic (exact) mass is 266 g/mol. The molecule has 18 heavy (non-hydrogen) atoms. The Morgan fingerprint density at radius 2 is 1.83 bits per heavy atom. The quantitative estimate of drug-likeness (QED) is 0.823. The molecule has 0 amide bonds. The van der Waals surface area contributed by atoms with Crippen molar-refractivity contribution >= 4 is 0 Å². The van der Waals surface area contributed by atoms with Crippen molar-refractivity contribution in [2.75, 3.05) is 26.2 Å². The van der Waals surface area contributed by atoms with Gasteiger partial charge in [-0.2, -0.15) is 13.2 Å². The third-order valence-corrected chi connectivity index (χ3v) is 4.13. The first-order valence-electron chi connectivity index (χ1n) is 6.68. The van der Waals surface area contributed by atoms with Gasteiger partial charge in [0.2, 0.25) is 0 Å². The molecule has 1 N–H and O–H groups in total. The second-order valence-corrected chi connectivity index (χ2v) is 6.06. The van der Waals surface area contributed by atoms with Crippen LogP contribution in [0, 0.1) is 11.3 Å². The molecule has 5 heteroatoms. The molecule has 1 atom stereocenters. The third kappa shape index (κ3) is 4.12. The van der Waals surface area contributed by atoms with Crippen LogP contribution in [0.25, 0.3) is 0 Å². The van der Waals surface area contributed by atoms with E-state index in [1.54, 1.807) is 4.90 Å².